The molecule has 0 bridgehead atoms. The number of nitrogens with one attached hydrogen (secondary N) is 1. The fourth-order valence-corrected chi connectivity index (χ4v) is 5.21. The molecule has 0 radical (unpaired) electrons. The summed E-state index contributed by atoms with van der Waals surface area (Å²) in [4.78, 5) is 64.6. The normalized spacial score (nSPS) is 15.4. The number of aliphatic carboxylic acids is 1. The number of hydrogen-bond acceptors (Lipinski definition) is 14. The van der Waals surface area contributed by atoms with Crippen LogP contribution in [-0.4, -0.2) is 171 Å². The number of hydrogen-bond donors (Lipinski definition) is 2. The van der Waals surface area contributed by atoms with Gasteiger partial charge in [0.25, 0.3) is 0 Å². The van der Waals surface area contributed by atoms with Crippen LogP contribution >= 0.6 is 0 Å². The predicted octanol–water partition coefficient (Wildman–Crippen LogP) is -0.717. The third-order valence-electron chi connectivity index (χ3n) is 7.35. The first kappa shape index (κ1) is 42.0. The number of aromatic nitrogens is 2. The van der Waals surface area contributed by atoms with Crippen LogP contribution in [0, 0.1) is 11.8 Å². The lowest BCUT2D eigenvalue weighted by molar-refractivity contribution is -0.144. The lowest BCUT2D eigenvalue weighted by atomic mass is 10.2. The van der Waals surface area contributed by atoms with Crippen molar-refractivity contribution in [1.82, 2.24) is 34.9 Å². The summed E-state index contributed by atoms with van der Waals surface area (Å²) in [6, 6.07) is 0. The molecule has 2 N–H and O–H groups in total. The quantitative estimate of drug-likeness (QED) is 0.0674. The Morgan fingerprint density at radius 3 is 1.84 bits per heavy atom. The molecule has 0 atom stereocenters. The molecule has 1 aliphatic rings. The Morgan fingerprint density at radius 1 is 0.860 bits per heavy atom. The minimum Gasteiger partial charge on any atom is -0.480 e. The molecule has 0 spiro atoms. The average molecular weight is 720 g/mol. The van der Waals surface area contributed by atoms with Crippen LogP contribution < -0.4 is 5.32 Å². The van der Waals surface area contributed by atoms with Gasteiger partial charge in [0.05, 0.1) is 31.7 Å². The van der Waals surface area contributed by atoms with Crippen LogP contribution in [0.15, 0.2) is 42.9 Å². The Bertz CT molecular complexity index is 1400. The van der Waals surface area contributed by atoms with Gasteiger partial charge in [-0.3, -0.25) is 33.9 Å². The van der Waals surface area contributed by atoms with Gasteiger partial charge in [-0.05, 0) is 19.4 Å². The zero-order chi connectivity index (χ0) is 36.8. The number of ether oxygens (including phenoxy) is 2. The minimum atomic E-state index is -3.47. The van der Waals surface area contributed by atoms with Crippen LogP contribution in [0.1, 0.15) is 24.8 Å². The van der Waals surface area contributed by atoms with E-state index in [4.69, 9.17) is 9.47 Å². The van der Waals surface area contributed by atoms with Crippen molar-refractivity contribution in [3.05, 3.63) is 43.3 Å². The van der Waals surface area contributed by atoms with Crippen molar-refractivity contribution in [3.63, 3.8) is 0 Å². The molecule has 276 valence electrons. The number of amides is 1. The second-order valence-corrected chi connectivity index (χ2v) is 13.4. The molecular weight excluding hydrogens is 670 g/mol. The highest BCUT2D eigenvalue weighted by Crippen LogP contribution is 2.04. The van der Waals surface area contributed by atoms with Gasteiger partial charge in [0.1, 0.15) is 13.2 Å². The Morgan fingerprint density at radius 2 is 1.36 bits per heavy atom. The smallest absolute Gasteiger partial charge is 0.320 e. The van der Waals surface area contributed by atoms with Crippen molar-refractivity contribution in [3.8, 4) is 11.8 Å². The molecule has 0 aromatic carbocycles. The van der Waals surface area contributed by atoms with Crippen molar-refractivity contribution in [1.29, 1.82) is 0 Å². The molecule has 0 unspecified atom stereocenters. The Kier molecular flexibility index (Phi) is 19.5. The highest BCUT2D eigenvalue weighted by molar-refractivity contribution is 7.90. The van der Waals surface area contributed by atoms with Crippen molar-refractivity contribution < 1.29 is 42.2 Å². The molecule has 1 saturated heterocycles. The van der Waals surface area contributed by atoms with Gasteiger partial charge in [-0.15, -0.1) is 0 Å². The third-order valence-corrected chi connectivity index (χ3v) is 8.23. The number of nitrogens with zero attached hydrogens (tertiary/aromatic N) is 6. The Hall–Kier alpha value is -4.21. The van der Waals surface area contributed by atoms with Gasteiger partial charge in [0.15, 0.2) is 0 Å². The van der Waals surface area contributed by atoms with Gasteiger partial charge >= 0.3 is 17.9 Å². The molecule has 17 heteroatoms. The number of unbranched alkanes of at least 4 members (excludes halogenated alkanes) is 2. The van der Waals surface area contributed by atoms with Gasteiger partial charge in [0.2, 0.25) is 20.9 Å². The number of rotatable bonds is 17. The van der Waals surface area contributed by atoms with E-state index in [-0.39, 0.29) is 50.5 Å². The second kappa shape index (κ2) is 23.2. The first-order chi connectivity index (χ1) is 23.9. The maximum Gasteiger partial charge on any atom is 0.320 e. The SMILES string of the molecule is C=CCOC(=O)CN1CCN(CC(=O)O)CCN(CC(=O)OCC=C)CCN(C(=O)CNCCCCC#Cc2cnc(S(C)(=O)=O)nc2)CC1. The van der Waals surface area contributed by atoms with Crippen LogP contribution in [0.5, 0.6) is 0 Å². The first-order valence-corrected chi connectivity index (χ1v) is 18.2. The summed E-state index contributed by atoms with van der Waals surface area (Å²) < 4.78 is 33.3. The van der Waals surface area contributed by atoms with Crippen LogP contribution in [-0.2, 0) is 38.5 Å². The third kappa shape index (κ3) is 18.0. The molecule has 16 nitrogen and oxygen atoms in total. The summed E-state index contributed by atoms with van der Waals surface area (Å²) in [5, 5.41) is 12.4. The van der Waals surface area contributed by atoms with Crippen LogP contribution in [0.4, 0.5) is 0 Å². The molecule has 1 fully saturated rings. The fourth-order valence-electron chi connectivity index (χ4n) is 4.72. The molecule has 2 heterocycles. The zero-order valence-electron chi connectivity index (χ0n) is 28.8. The molecule has 1 aromatic rings. The lowest BCUT2D eigenvalue weighted by Crippen LogP contribution is -2.50. The molecule has 0 saturated carbocycles. The van der Waals surface area contributed by atoms with Crippen LogP contribution in [0.3, 0.4) is 0 Å². The van der Waals surface area contributed by atoms with Crippen molar-refractivity contribution in [2.45, 2.75) is 24.4 Å². The monoisotopic (exact) mass is 719 g/mol. The molecule has 2 rings (SSSR count). The highest BCUT2D eigenvalue weighted by atomic mass is 32.2. The molecule has 50 heavy (non-hydrogen) atoms. The van der Waals surface area contributed by atoms with E-state index in [1.165, 1.54) is 24.5 Å². The number of carbonyl (C=O) groups excluding carboxylic acids is 3. The van der Waals surface area contributed by atoms with Gasteiger partial charge in [0, 0.05) is 77.4 Å². The zero-order valence-corrected chi connectivity index (χ0v) is 29.6. The molecular formula is C33H49N7O9S. The van der Waals surface area contributed by atoms with E-state index in [0.717, 1.165) is 19.1 Å². The lowest BCUT2D eigenvalue weighted by Gasteiger charge is -2.33. The fraction of sp³-hybridized carbons (Fsp3) is 0.576. The summed E-state index contributed by atoms with van der Waals surface area (Å²) >= 11 is 0. The van der Waals surface area contributed by atoms with Crippen LogP contribution in [0.25, 0.3) is 0 Å². The first-order valence-electron chi connectivity index (χ1n) is 16.3. The average Bonchev–Trinajstić information content (AvgIpc) is 3.06. The Balaban J connectivity index is 2.00. The van der Waals surface area contributed by atoms with E-state index in [2.05, 4.69) is 40.3 Å². The van der Waals surface area contributed by atoms with Gasteiger partial charge in [-0.2, -0.15) is 0 Å². The van der Waals surface area contributed by atoms with Crippen molar-refractivity contribution in [2.24, 2.45) is 0 Å². The summed E-state index contributed by atoms with van der Waals surface area (Å²) in [7, 11) is -3.47. The van der Waals surface area contributed by atoms with E-state index in [1.54, 1.807) is 9.80 Å². The summed E-state index contributed by atoms with van der Waals surface area (Å²) in [6.45, 7) is 10.4. The van der Waals surface area contributed by atoms with Crippen LogP contribution in [0.2, 0.25) is 0 Å². The summed E-state index contributed by atoms with van der Waals surface area (Å²) in [5.41, 5.74) is 0.518. The topological polar surface area (TPSA) is 192 Å². The standard InChI is InChI=1S/C33H49N7O9S/c1-4-20-48-31(44)26-38-14-12-37(25-30(42)43)13-15-39(27-32(45)49-21-5-2)17-19-40(18-16-38)29(41)24-34-11-9-7-6-8-10-28-22-35-33(36-23-28)50(3,46)47/h4-5,22-23,34H,1-2,6-7,9,11-21,24-27H2,3H3,(H,42,43). The minimum absolute atomic E-state index is 0.0296. The number of carboxylic acids is 1. The predicted molar refractivity (Wildman–Crippen MR) is 185 cm³/mol. The van der Waals surface area contributed by atoms with Gasteiger partial charge < -0.3 is 24.8 Å². The molecule has 0 aliphatic carbocycles. The number of carboxylic acid groups (broad SMARTS) is 1. The van der Waals surface area contributed by atoms with Gasteiger partial charge in [-0.1, -0.05) is 37.2 Å². The highest BCUT2D eigenvalue weighted by Gasteiger charge is 2.22. The van der Waals surface area contributed by atoms with E-state index >= 15 is 0 Å². The maximum absolute atomic E-state index is 13.4. The Labute approximate surface area is 294 Å². The van der Waals surface area contributed by atoms with E-state index < -0.39 is 27.7 Å². The van der Waals surface area contributed by atoms with E-state index in [0.29, 0.717) is 70.9 Å². The summed E-state index contributed by atoms with van der Waals surface area (Å²) in [6.07, 6.45) is 8.86. The molecule has 1 aromatic heterocycles. The van der Waals surface area contributed by atoms with E-state index in [9.17, 15) is 32.7 Å². The number of carbonyl (C=O) groups is 4. The second-order valence-electron chi connectivity index (χ2n) is 11.5. The molecule has 1 aliphatic heterocycles. The summed E-state index contributed by atoms with van der Waals surface area (Å²) in [5.74, 6) is 3.89. The largest absolute Gasteiger partial charge is 0.480 e. The maximum atomic E-state index is 13.4. The molecule has 1 amide bonds. The number of esters is 2. The number of sulfone groups is 1. The van der Waals surface area contributed by atoms with E-state index in [1.807, 2.05) is 9.80 Å². The van der Waals surface area contributed by atoms with Gasteiger partial charge in [-0.25, -0.2) is 18.4 Å². The van der Waals surface area contributed by atoms with Crippen molar-refractivity contribution >= 4 is 33.7 Å². The van der Waals surface area contributed by atoms with Crippen molar-refractivity contribution in [2.75, 3.05) is 105 Å².